The van der Waals surface area contributed by atoms with Gasteiger partial charge in [0, 0.05) is 10.5 Å². The van der Waals surface area contributed by atoms with Gasteiger partial charge < -0.3 is 15.2 Å². The fourth-order valence-corrected chi connectivity index (χ4v) is 6.95. The SMILES string of the molecule is CC(=O)Nc1c(I)c(C(=O)Cl)c(I)c(C2=NC(C)(CO)CO2)c1I. The van der Waals surface area contributed by atoms with E-state index in [1.807, 2.05) is 45.2 Å². The van der Waals surface area contributed by atoms with Gasteiger partial charge in [-0.3, -0.25) is 9.59 Å². The molecule has 0 saturated heterocycles. The Labute approximate surface area is 184 Å². The molecule has 0 radical (unpaired) electrons. The van der Waals surface area contributed by atoms with E-state index < -0.39 is 10.8 Å². The summed E-state index contributed by atoms with van der Waals surface area (Å²) in [5.41, 5.74) is 0.638. The number of hydrogen-bond acceptors (Lipinski definition) is 5. The fraction of sp³-hybridized carbons (Fsp3) is 0.357. The zero-order chi connectivity index (χ0) is 18.2. The molecule has 0 spiro atoms. The molecule has 1 aliphatic rings. The summed E-state index contributed by atoms with van der Waals surface area (Å²) < 4.78 is 7.50. The topological polar surface area (TPSA) is 88.0 Å². The summed E-state index contributed by atoms with van der Waals surface area (Å²) in [6, 6.07) is 0. The standard InChI is InChI=1S/C14H12ClI3N2O4/c1-5(22)19-11-9(17)6(12(15)23)8(16)7(10(11)18)13-20-14(2,3-21)4-24-13/h21H,3-4H2,1-2H3,(H,19,22). The summed E-state index contributed by atoms with van der Waals surface area (Å²) >= 11 is 11.8. The van der Waals surface area contributed by atoms with E-state index in [-0.39, 0.29) is 19.1 Å². The van der Waals surface area contributed by atoms with Crippen molar-refractivity contribution >= 4 is 102 Å². The number of aliphatic hydroxyl groups is 1. The minimum Gasteiger partial charge on any atom is -0.475 e. The Morgan fingerprint density at radius 3 is 2.42 bits per heavy atom. The molecular formula is C14H12ClI3N2O4. The predicted molar refractivity (Wildman–Crippen MR) is 117 cm³/mol. The molecule has 1 atom stereocenters. The summed E-state index contributed by atoms with van der Waals surface area (Å²) in [6.07, 6.45) is 0. The fourth-order valence-electron chi connectivity index (χ4n) is 2.05. The van der Waals surface area contributed by atoms with Gasteiger partial charge in [0.25, 0.3) is 5.24 Å². The van der Waals surface area contributed by atoms with E-state index in [1.54, 1.807) is 6.92 Å². The second kappa shape index (κ2) is 7.88. The van der Waals surface area contributed by atoms with Crippen LogP contribution in [-0.4, -0.2) is 40.9 Å². The van der Waals surface area contributed by atoms with Crippen molar-refractivity contribution in [3.05, 3.63) is 21.8 Å². The molecule has 24 heavy (non-hydrogen) atoms. The van der Waals surface area contributed by atoms with Crippen molar-refractivity contribution < 1.29 is 19.4 Å². The van der Waals surface area contributed by atoms with Crippen LogP contribution in [0.2, 0.25) is 0 Å². The monoisotopic (exact) mass is 688 g/mol. The number of nitrogens with zero attached hydrogens (tertiary/aromatic N) is 1. The molecule has 6 nitrogen and oxygen atoms in total. The minimum atomic E-state index is -0.732. The third-order valence-corrected chi connectivity index (χ3v) is 6.69. The van der Waals surface area contributed by atoms with Crippen molar-refractivity contribution in [2.75, 3.05) is 18.5 Å². The van der Waals surface area contributed by atoms with Crippen molar-refractivity contribution in [2.45, 2.75) is 19.4 Å². The molecule has 0 saturated carbocycles. The van der Waals surface area contributed by atoms with Gasteiger partial charge in [0.15, 0.2) is 0 Å². The molecule has 10 heteroatoms. The second-order valence-corrected chi connectivity index (χ2v) is 8.96. The molecule has 1 aromatic carbocycles. The van der Waals surface area contributed by atoms with Crippen LogP contribution in [0.5, 0.6) is 0 Å². The summed E-state index contributed by atoms with van der Waals surface area (Å²) in [4.78, 5) is 27.9. The van der Waals surface area contributed by atoms with Gasteiger partial charge in [-0.05, 0) is 86.3 Å². The number of aliphatic imine (C=N–C) groups is 1. The maximum Gasteiger partial charge on any atom is 0.254 e. The number of anilines is 1. The highest BCUT2D eigenvalue weighted by Crippen LogP contribution is 2.38. The number of halogens is 4. The van der Waals surface area contributed by atoms with E-state index in [0.717, 1.165) is 0 Å². The van der Waals surface area contributed by atoms with E-state index in [0.29, 0.717) is 33.4 Å². The molecule has 2 rings (SSSR count). The number of aliphatic hydroxyl groups excluding tert-OH is 1. The van der Waals surface area contributed by atoms with Crippen LogP contribution in [0, 0.1) is 10.7 Å². The summed E-state index contributed by atoms with van der Waals surface area (Å²) in [5, 5.41) is 11.6. The van der Waals surface area contributed by atoms with Gasteiger partial charge in [0.05, 0.1) is 30.6 Å². The Balaban J connectivity index is 2.76. The molecule has 0 bridgehead atoms. The van der Waals surface area contributed by atoms with Gasteiger partial charge >= 0.3 is 0 Å². The maximum absolute atomic E-state index is 11.9. The molecule has 0 fully saturated rings. The van der Waals surface area contributed by atoms with Crippen LogP contribution >= 0.6 is 79.4 Å². The molecule has 1 unspecified atom stereocenters. The van der Waals surface area contributed by atoms with E-state index in [2.05, 4.69) is 32.9 Å². The first-order valence-electron chi connectivity index (χ1n) is 6.63. The van der Waals surface area contributed by atoms with Gasteiger partial charge in [-0.15, -0.1) is 0 Å². The number of benzene rings is 1. The third kappa shape index (κ3) is 3.99. The molecule has 1 amide bonds. The highest BCUT2D eigenvalue weighted by molar-refractivity contribution is 14.1. The van der Waals surface area contributed by atoms with Crippen molar-refractivity contribution in [3.63, 3.8) is 0 Å². The highest BCUT2D eigenvalue weighted by atomic mass is 127. The largest absolute Gasteiger partial charge is 0.475 e. The average molecular weight is 688 g/mol. The lowest BCUT2D eigenvalue weighted by molar-refractivity contribution is -0.114. The number of hydrogen-bond donors (Lipinski definition) is 2. The van der Waals surface area contributed by atoms with Crippen molar-refractivity contribution in [1.29, 1.82) is 0 Å². The van der Waals surface area contributed by atoms with Gasteiger partial charge in [-0.25, -0.2) is 4.99 Å². The first kappa shape index (κ1) is 20.6. The van der Waals surface area contributed by atoms with Crippen LogP contribution in [0.4, 0.5) is 5.69 Å². The summed E-state index contributed by atoms with van der Waals surface area (Å²) in [7, 11) is 0. The normalized spacial score (nSPS) is 19.7. The zero-order valence-electron chi connectivity index (χ0n) is 12.5. The predicted octanol–water partition coefficient (Wildman–Crippen LogP) is 3.37. The quantitative estimate of drug-likeness (QED) is 0.376. The van der Waals surface area contributed by atoms with Crippen molar-refractivity contribution in [1.82, 2.24) is 0 Å². The average Bonchev–Trinajstić information content (AvgIpc) is 2.86. The van der Waals surface area contributed by atoms with Gasteiger partial charge in [0.1, 0.15) is 12.1 Å². The van der Waals surface area contributed by atoms with Crippen LogP contribution in [0.25, 0.3) is 0 Å². The number of carbonyl (C=O) groups is 2. The Bertz CT molecular complexity index is 769. The lowest BCUT2D eigenvalue weighted by Crippen LogP contribution is -2.28. The Kier molecular flexibility index (Phi) is 6.76. The lowest BCUT2D eigenvalue weighted by atomic mass is 10.1. The molecule has 1 heterocycles. The van der Waals surface area contributed by atoms with Crippen LogP contribution in [0.15, 0.2) is 4.99 Å². The molecular weight excluding hydrogens is 676 g/mol. The second-order valence-electron chi connectivity index (χ2n) is 5.38. The van der Waals surface area contributed by atoms with Crippen LogP contribution in [0.1, 0.15) is 29.8 Å². The molecule has 0 aliphatic carbocycles. The van der Waals surface area contributed by atoms with Crippen LogP contribution < -0.4 is 5.32 Å². The smallest absolute Gasteiger partial charge is 0.254 e. The van der Waals surface area contributed by atoms with E-state index in [4.69, 9.17) is 16.3 Å². The Morgan fingerprint density at radius 2 is 1.96 bits per heavy atom. The van der Waals surface area contributed by atoms with Gasteiger partial charge in [-0.2, -0.15) is 0 Å². The molecule has 130 valence electrons. The number of amides is 1. The highest BCUT2D eigenvalue weighted by Gasteiger charge is 2.35. The van der Waals surface area contributed by atoms with Gasteiger partial charge in [0.2, 0.25) is 11.8 Å². The molecule has 1 aromatic rings. The van der Waals surface area contributed by atoms with E-state index in [1.165, 1.54) is 6.92 Å². The van der Waals surface area contributed by atoms with Crippen molar-refractivity contribution in [3.8, 4) is 0 Å². The van der Waals surface area contributed by atoms with E-state index >= 15 is 0 Å². The molecule has 1 aliphatic heterocycles. The maximum atomic E-state index is 11.9. The van der Waals surface area contributed by atoms with Gasteiger partial charge in [-0.1, -0.05) is 0 Å². The van der Waals surface area contributed by atoms with E-state index in [9.17, 15) is 14.7 Å². The Hall–Kier alpha value is 0.270. The molecule has 2 N–H and O–H groups in total. The number of rotatable bonds is 4. The van der Waals surface area contributed by atoms with Crippen LogP contribution in [-0.2, 0) is 9.53 Å². The van der Waals surface area contributed by atoms with Crippen molar-refractivity contribution in [2.24, 2.45) is 4.99 Å². The lowest BCUT2D eigenvalue weighted by Gasteiger charge is -2.17. The first-order chi connectivity index (χ1) is 11.1. The summed E-state index contributed by atoms with van der Waals surface area (Å²) in [5.74, 6) is 0.0583. The summed E-state index contributed by atoms with van der Waals surface area (Å²) in [6.45, 7) is 3.23. The number of nitrogens with one attached hydrogen (secondary N) is 1. The first-order valence-corrected chi connectivity index (χ1v) is 10.2. The number of ether oxygens (including phenoxy) is 1. The van der Waals surface area contributed by atoms with Crippen LogP contribution in [0.3, 0.4) is 0 Å². The molecule has 0 aromatic heterocycles. The Morgan fingerprint density at radius 1 is 1.33 bits per heavy atom. The minimum absolute atomic E-state index is 0.159. The number of carbonyl (C=O) groups excluding carboxylic acids is 2. The zero-order valence-corrected chi connectivity index (χ0v) is 19.8. The third-order valence-electron chi connectivity index (χ3n) is 3.26.